The molecule has 4 aromatic carbocycles. The maximum Gasteiger partial charge on any atom is 0.145 e. The number of hydrogen-bond donors (Lipinski definition) is 0. The lowest BCUT2D eigenvalue weighted by atomic mass is 10.0. The smallest absolute Gasteiger partial charge is 0.145 e. The van der Waals surface area contributed by atoms with Gasteiger partial charge in [0.2, 0.25) is 0 Å². The van der Waals surface area contributed by atoms with Gasteiger partial charge in [-0.3, -0.25) is 4.57 Å². The Kier molecular flexibility index (Phi) is 4.88. The van der Waals surface area contributed by atoms with E-state index in [0.717, 1.165) is 39.6 Å². The molecule has 0 fully saturated rings. The minimum absolute atomic E-state index is 0.633. The summed E-state index contributed by atoms with van der Waals surface area (Å²) in [5.41, 5.74) is 6.75. The van der Waals surface area contributed by atoms with Gasteiger partial charge in [0, 0.05) is 22.4 Å². The highest BCUT2D eigenvalue weighted by Crippen LogP contribution is 2.38. The van der Waals surface area contributed by atoms with Gasteiger partial charge in [0.1, 0.15) is 5.82 Å². The monoisotopic (exact) mass is 397 g/mol. The molecule has 146 valence electrons. The van der Waals surface area contributed by atoms with Gasteiger partial charge in [0.15, 0.2) is 0 Å². The summed E-state index contributed by atoms with van der Waals surface area (Å²) in [7, 11) is 0. The van der Waals surface area contributed by atoms with E-state index in [1.807, 2.05) is 78.9 Å². The van der Waals surface area contributed by atoms with Gasteiger partial charge >= 0.3 is 0 Å². The predicted molar refractivity (Wildman–Crippen MR) is 125 cm³/mol. The van der Waals surface area contributed by atoms with Crippen LogP contribution >= 0.6 is 0 Å². The van der Waals surface area contributed by atoms with Gasteiger partial charge in [-0.05, 0) is 36.4 Å². The molecule has 0 spiro atoms. The van der Waals surface area contributed by atoms with Crippen LogP contribution in [-0.4, -0.2) is 9.55 Å². The molecular weight excluding hydrogens is 378 g/mol. The summed E-state index contributed by atoms with van der Waals surface area (Å²) in [6.45, 7) is 0. The molecule has 0 bridgehead atoms. The van der Waals surface area contributed by atoms with Crippen LogP contribution in [0, 0.1) is 11.3 Å². The fourth-order valence-corrected chi connectivity index (χ4v) is 3.80. The number of benzene rings is 4. The minimum atomic E-state index is 0.633. The molecule has 0 saturated heterocycles. The maximum atomic E-state index is 9.21. The SMILES string of the molecule is N#Cc1ccc(-c2nc(-c3ccccc3)c(-c3ccccc3)n2-c2ccccc2)cc1. The highest BCUT2D eigenvalue weighted by molar-refractivity contribution is 5.84. The van der Waals surface area contributed by atoms with Crippen molar-refractivity contribution in [3.05, 3.63) is 121 Å². The average Bonchev–Trinajstić information content (AvgIpc) is 3.26. The summed E-state index contributed by atoms with van der Waals surface area (Å²) in [4.78, 5) is 5.14. The zero-order chi connectivity index (χ0) is 21.0. The first-order chi connectivity index (χ1) is 15.3. The maximum absolute atomic E-state index is 9.21. The van der Waals surface area contributed by atoms with E-state index in [1.165, 1.54) is 0 Å². The second kappa shape index (κ2) is 8.14. The van der Waals surface area contributed by atoms with Crippen LogP contribution in [0.1, 0.15) is 5.56 Å². The lowest BCUT2D eigenvalue weighted by molar-refractivity contribution is 1.07. The molecule has 0 radical (unpaired) electrons. The first kappa shape index (κ1) is 18.6. The largest absolute Gasteiger partial charge is 0.292 e. The summed E-state index contributed by atoms with van der Waals surface area (Å²) in [5, 5.41) is 9.21. The molecule has 1 heterocycles. The average molecular weight is 397 g/mol. The molecule has 5 rings (SSSR count). The van der Waals surface area contributed by atoms with Crippen LogP contribution < -0.4 is 0 Å². The lowest BCUT2D eigenvalue weighted by Crippen LogP contribution is -2.00. The number of imidazole rings is 1. The van der Waals surface area contributed by atoms with E-state index >= 15 is 0 Å². The Morgan fingerprint density at radius 2 is 1.13 bits per heavy atom. The number of rotatable bonds is 4. The fourth-order valence-electron chi connectivity index (χ4n) is 3.80. The number of hydrogen-bond acceptors (Lipinski definition) is 2. The van der Waals surface area contributed by atoms with E-state index in [4.69, 9.17) is 4.98 Å². The second-order valence-corrected chi connectivity index (χ2v) is 7.22. The van der Waals surface area contributed by atoms with Crippen LogP contribution in [-0.2, 0) is 0 Å². The van der Waals surface area contributed by atoms with Gasteiger partial charge in [-0.2, -0.15) is 5.26 Å². The van der Waals surface area contributed by atoms with Crippen LogP contribution in [0.15, 0.2) is 115 Å². The Hall–Kier alpha value is -4.42. The summed E-state index contributed by atoms with van der Waals surface area (Å²) in [6, 6.07) is 40.7. The van der Waals surface area contributed by atoms with Crippen molar-refractivity contribution in [3.63, 3.8) is 0 Å². The summed E-state index contributed by atoms with van der Waals surface area (Å²) in [6.07, 6.45) is 0. The Morgan fingerprint density at radius 1 is 0.581 bits per heavy atom. The lowest BCUT2D eigenvalue weighted by Gasteiger charge is -2.13. The van der Waals surface area contributed by atoms with Crippen LogP contribution in [0.5, 0.6) is 0 Å². The van der Waals surface area contributed by atoms with Gasteiger partial charge in [0.05, 0.1) is 23.0 Å². The van der Waals surface area contributed by atoms with E-state index in [2.05, 4.69) is 47.0 Å². The van der Waals surface area contributed by atoms with E-state index < -0.39 is 0 Å². The first-order valence-corrected chi connectivity index (χ1v) is 10.1. The van der Waals surface area contributed by atoms with Crippen LogP contribution in [0.4, 0.5) is 0 Å². The molecule has 3 nitrogen and oxygen atoms in total. The highest BCUT2D eigenvalue weighted by atomic mass is 15.1. The molecular formula is C28H19N3. The molecule has 1 aromatic heterocycles. The molecule has 0 aliphatic heterocycles. The zero-order valence-electron chi connectivity index (χ0n) is 16.8. The van der Waals surface area contributed by atoms with Crippen molar-refractivity contribution in [2.24, 2.45) is 0 Å². The van der Waals surface area contributed by atoms with Crippen LogP contribution in [0.25, 0.3) is 39.6 Å². The minimum Gasteiger partial charge on any atom is -0.292 e. The van der Waals surface area contributed by atoms with Crippen LogP contribution in [0.2, 0.25) is 0 Å². The number of nitrogens with zero attached hydrogens (tertiary/aromatic N) is 3. The van der Waals surface area contributed by atoms with E-state index in [0.29, 0.717) is 5.56 Å². The third-order valence-electron chi connectivity index (χ3n) is 5.26. The molecule has 31 heavy (non-hydrogen) atoms. The Labute approximate surface area is 181 Å². The molecule has 0 aliphatic rings. The fraction of sp³-hybridized carbons (Fsp3) is 0. The molecule has 5 aromatic rings. The Morgan fingerprint density at radius 3 is 1.71 bits per heavy atom. The van der Waals surface area contributed by atoms with Crippen molar-refractivity contribution in [1.82, 2.24) is 9.55 Å². The van der Waals surface area contributed by atoms with Crippen molar-refractivity contribution >= 4 is 0 Å². The Balaban J connectivity index is 1.86. The molecule has 0 unspecified atom stereocenters. The Bertz CT molecular complexity index is 1350. The third-order valence-corrected chi connectivity index (χ3v) is 5.26. The molecule has 0 amide bonds. The number of para-hydroxylation sites is 1. The van der Waals surface area contributed by atoms with Crippen molar-refractivity contribution in [2.45, 2.75) is 0 Å². The molecule has 0 N–H and O–H groups in total. The number of nitriles is 1. The van der Waals surface area contributed by atoms with Crippen molar-refractivity contribution in [3.8, 4) is 45.7 Å². The van der Waals surface area contributed by atoms with Gasteiger partial charge in [-0.1, -0.05) is 78.9 Å². The van der Waals surface area contributed by atoms with Gasteiger partial charge in [-0.25, -0.2) is 4.98 Å². The quantitative estimate of drug-likeness (QED) is 0.337. The van der Waals surface area contributed by atoms with Crippen molar-refractivity contribution in [1.29, 1.82) is 5.26 Å². The molecule has 0 aliphatic carbocycles. The first-order valence-electron chi connectivity index (χ1n) is 10.1. The normalized spacial score (nSPS) is 10.5. The van der Waals surface area contributed by atoms with E-state index in [-0.39, 0.29) is 0 Å². The van der Waals surface area contributed by atoms with Gasteiger partial charge in [-0.15, -0.1) is 0 Å². The number of aromatic nitrogens is 2. The highest BCUT2D eigenvalue weighted by Gasteiger charge is 2.22. The predicted octanol–water partition coefficient (Wildman–Crippen LogP) is 6.74. The topological polar surface area (TPSA) is 41.6 Å². The van der Waals surface area contributed by atoms with Crippen LogP contribution in [0.3, 0.4) is 0 Å². The third kappa shape index (κ3) is 3.52. The summed E-state index contributed by atoms with van der Waals surface area (Å²) >= 11 is 0. The molecule has 0 saturated carbocycles. The summed E-state index contributed by atoms with van der Waals surface area (Å²) < 4.78 is 2.21. The van der Waals surface area contributed by atoms with Crippen molar-refractivity contribution in [2.75, 3.05) is 0 Å². The van der Waals surface area contributed by atoms with E-state index in [9.17, 15) is 5.26 Å². The van der Waals surface area contributed by atoms with E-state index in [1.54, 1.807) is 0 Å². The van der Waals surface area contributed by atoms with Gasteiger partial charge in [0.25, 0.3) is 0 Å². The van der Waals surface area contributed by atoms with Crippen molar-refractivity contribution < 1.29 is 0 Å². The standard InChI is InChI=1S/C28H19N3/c29-20-21-16-18-24(19-17-21)28-30-26(22-10-4-1-5-11-22)27(23-12-6-2-7-13-23)31(28)25-14-8-3-9-15-25/h1-19H. The molecule has 0 atom stereocenters. The second-order valence-electron chi connectivity index (χ2n) is 7.22. The van der Waals surface area contributed by atoms with Gasteiger partial charge < -0.3 is 0 Å². The summed E-state index contributed by atoms with van der Waals surface area (Å²) in [5.74, 6) is 0.841. The zero-order valence-corrected chi connectivity index (χ0v) is 16.8. The molecule has 3 heteroatoms.